The molecule has 0 saturated heterocycles. The Hall–Kier alpha value is -3.64. The zero-order valence-corrected chi connectivity index (χ0v) is 25.7. The Kier molecular flexibility index (Phi) is 13.5. The van der Waals surface area contributed by atoms with E-state index in [1.54, 1.807) is 72.4 Å². The van der Waals surface area contributed by atoms with Crippen LogP contribution < -0.4 is 11.5 Å². The molecule has 0 spiro atoms. The smallest absolute Gasteiger partial charge is 0.328 e. The summed E-state index contributed by atoms with van der Waals surface area (Å²) in [5.41, 5.74) is 14.6. The summed E-state index contributed by atoms with van der Waals surface area (Å²) in [6, 6.07) is 35.9. The maximum Gasteiger partial charge on any atom is 0.328 e. The van der Waals surface area contributed by atoms with Gasteiger partial charge in [-0.1, -0.05) is 121 Å². The molecule has 4 aromatic carbocycles. The summed E-state index contributed by atoms with van der Waals surface area (Å²) < 4.78 is -1.97. The molecule has 0 fully saturated rings. The van der Waals surface area contributed by atoms with Crippen molar-refractivity contribution in [1.29, 1.82) is 0 Å². The highest BCUT2D eigenvalue weighted by Gasteiger charge is 2.43. The first-order valence-corrected chi connectivity index (χ1v) is 15.9. The van der Waals surface area contributed by atoms with Crippen LogP contribution >= 0.6 is 23.5 Å². The van der Waals surface area contributed by atoms with Crippen LogP contribution in [0.1, 0.15) is 22.3 Å². The zero-order valence-electron chi connectivity index (χ0n) is 24.1. The molecule has 0 aliphatic rings. The van der Waals surface area contributed by atoms with Crippen molar-refractivity contribution in [2.45, 2.75) is 21.6 Å². The van der Waals surface area contributed by atoms with Crippen LogP contribution in [0.25, 0.3) is 0 Å². The maximum atomic E-state index is 12.2. The average molecular weight is 635 g/mol. The minimum absolute atomic E-state index is 0.0224. The van der Waals surface area contributed by atoms with Crippen LogP contribution in [0.5, 0.6) is 0 Å². The number of nitrogens with two attached hydrogens (primary N) is 2. The second-order valence-corrected chi connectivity index (χ2v) is 12.5. The molecule has 0 unspecified atom stereocenters. The van der Waals surface area contributed by atoms with E-state index in [0.29, 0.717) is 16.9 Å². The first kappa shape index (κ1) is 34.8. The highest BCUT2D eigenvalue weighted by Crippen LogP contribution is 2.44. The van der Waals surface area contributed by atoms with E-state index < -0.39 is 27.5 Å². The zero-order chi connectivity index (χ0) is 32.0. The monoisotopic (exact) mass is 634 g/mol. The van der Waals surface area contributed by atoms with Gasteiger partial charge >= 0.3 is 11.9 Å². The number of carbonyl (C=O) groups is 2. The molecule has 4 rings (SSSR count). The third-order valence-corrected chi connectivity index (χ3v) is 10.2. The molecule has 8 nitrogen and oxygen atoms in total. The van der Waals surface area contributed by atoms with Gasteiger partial charge in [-0.3, -0.25) is 4.79 Å². The van der Waals surface area contributed by atoms with E-state index in [-0.39, 0.29) is 25.0 Å². The molecule has 0 aromatic heterocycles. The summed E-state index contributed by atoms with van der Waals surface area (Å²) in [5, 5.41) is 38.2. The number of rotatable bonds is 14. The van der Waals surface area contributed by atoms with Crippen molar-refractivity contribution in [2.24, 2.45) is 11.5 Å². The molecular weight excluding hydrogens is 597 g/mol. The number of aliphatic hydroxyl groups is 2. The van der Waals surface area contributed by atoms with Crippen LogP contribution in [0.4, 0.5) is 0 Å². The second-order valence-electron chi connectivity index (χ2n) is 9.94. The Morgan fingerprint density at radius 1 is 0.614 bits per heavy atom. The third-order valence-electron chi connectivity index (χ3n) is 6.94. The van der Waals surface area contributed by atoms with Crippen LogP contribution in [0.3, 0.4) is 0 Å². The van der Waals surface area contributed by atoms with Gasteiger partial charge in [0.15, 0.2) is 4.75 Å². The Balaban J connectivity index is 0.000000241. The predicted octanol–water partition coefficient (Wildman–Crippen LogP) is 4.14. The molecular formula is C34H38N2O6S2. The summed E-state index contributed by atoms with van der Waals surface area (Å²) in [7, 11) is 0. The van der Waals surface area contributed by atoms with E-state index >= 15 is 0 Å². The van der Waals surface area contributed by atoms with Gasteiger partial charge in [0.1, 0.15) is 6.04 Å². The lowest BCUT2D eigenvalue weighted by atomic mass is 9.90. The number of benzene rings is 4. The number of aliphatic hydroxyl groups excluding tert-OH is 2. The molecule has 0 saturated carbocycles. The van der Waals surface area contributed by atoms with E-state index in [4.69, 9.17) is 21.7 Å². The van der Waals surface area contributed by atoms with Crippen molar-refractivity contribution in [2.75, 3.05) is 24.7 Å². The van der Waals surface area contributed by atoms with Crippen molar-refractivity contribution < 1.29 is 30.0 Å². The number of hydrogen-bond donors (Lipinski definition) is 6. The minimum Gasteiger partial charge on any atom is -0.480 e. The van der Waals surface area contributed by atoms with Crippen molar-refractivity contribution in [3.05, 3.63) is 144 Å². The predicted molar refractivity (Wildman–Crippen MR) is 178 cm³/mol. The van der Waals surface area contributed by atoms with Gasteiger partial charge in [-0.15, -0.1) is 23.5 Å². The maximum absolute atomic E-state index is 12.2. The van der Waals surface area contributed by atoms with Crippen LogP contribution in [-0.4, -0.2) is 69.2 Å². The van der Waals surface area contributed by atoms with E-state index in [2.05, 4.69) is 0 Å². The van der Waals surface area contributed by atoms with Gasteiger partial charge in [-0.05, 0) is 22.3 Å². The largest absolute Gasteiger partial charge is 0.480 e. The Bertz CT molecular complexity index is 1350. The van der Waals surface area contributed by atoms with E-state index in [1.165, 1.54) is 0 Å². The van der Waals surface area contributed by atoms with Crippen LogP contribution in [0.15, 0.2) is 121 Å². The van der Waals surface area contributed by atoms with Gasteiger partial charge in [0.05, 0.1) is 18.0 Å². The lowest BCUT2D eigenvalue weighted by Gasteiger charge is -2.33. The average Bonchev–Trinajstić information content (AvgIpc) is 3.07. The van der Waals surface area contributed by atoms with Crippen LogP contribution in [0.2, 0.25) is 0 Å². The molecule has 0 bridgehead atoms. The summed E-state index contributed by atoms with van der Waals surface area (Å²) in [5.74, 6) is -1.66. The van der Waals surface area contributed by atoms with Crippen molar-refractivity contribution in [3.8, 4) is 0 Å². The lowest BCUT2D eigenvalue weighted by molar-refractivity contribution is -0.139. The van der Waals surface area contributed by atoms with Crippen LogP contribution in [0, 0.1) is 0 Å². The molecule has 0 radical (unpaired) electrons. The molecule has 2 atom stereocenters. The topological polar surface area (TPSA) is 167 Å². The van der Waals surface area contributed by atoms with Crippen LogP contribution in [-0.2, 0) is 19.1 Å². The molecule has 0 heterocycles. The third kappa shape index (κ3) is 8.50. The summed E-state index contributed by atoms with van der Waals surface area (Å²) in [6.45, 7) is -0.0814. The molecule has 0 aliphatic heterocycles. The molecule has 4 aromatic rings. The molecule has 8 N–H and O–H groups in total. The Labute approximate surface area is 266 Å². The highest BCUT2D eigenvalue weighted by atomic mass is 32.2. The van der Waals surface area contributed by atoms with Gasteiger partial charge < -0.3 is 31.9 Å². The molecule has 44 heavy (non-hydrogen) atoms. The fourth-order valence-corrected chi connectivity index (χ4v) is 7.15. The highest BCUT2D eigenvalue weighted by molar-refractivity contribution is 8.01. The van der Waals surface area contributed by atoms with Crippen molar-refractivity contribution >= 4 is 35.5 Å². The lowest BCUT2D eigenvalue weighted by Crippen LogP contribution is -2.39. The molecule has 232 valence electrons. The van der Waals surface area contributed by atoms with Gasteiger partial charge in [-0.2, -0.15) is 0 Å². The quantitative estimate of drug-likeness (QED) is 0.119. The normalized spacial score (nSPS) is 12.8. The summed E-state index contributed by atoms with van der Waals surface area (Å²) >= 11 is 2.59. The number of carboxylic acid groups (broad SMARTS) is 2. The first-order valence-electron chi connectivity index (χ1n) is 13.9. The van der Waals surface area contributed by atoms with Gasteiger partial charge in [0.25, 0.3) is 0 Å². The van der Waals surface area contributed by atoms with Gasteiger partial charge in [0.2, 0.25) is 0 Å². The van der Waals surface area contributed by atoms with Crippen molar-refractivity contribution in [3.63, 3.8) is 0 Å². The fourth-order valence-electron chi connectivity index (χ4n) is 4.55. The van der Waals surface area contributed by atoms with E-state index in [9.17, 15) is 19.8 Å². The van der Waals surface area contributed by atoms with Crippen molar-refractivity contribution in [1.82, 2.24) is 0 Å². The minimum atomic E-state index is -1.41. The number of thioether (sulfide) groups is 2. The molecule has 10 heteroatoms. The second kappa shape index (κ2) is 17.0. The van der Waals surface area contributed by atoms with Gasteiger partial charge in [0, 0.05) is 17.5 Å². The number of carboxylic acids is 2. The summed E-state index contributed by atoms with van der Waals surface area (Å²) in [6.07, 6.45) is 0. The van der Waals surface area contributed by atoms with Gasteiger partial charge in [-0.25, -0.2) is 4.79 Å². The molecule has 0 aliphatic carbocycles. The molecule has 0 amide bonds. The van der Waals surface area contributed by atoms with E-state index in [1.807, 2.05) is 60.7 Å². The Morgan fingerprint density at radius 2 is 1.00 bits per heavy atom. The fraction of sp³-hybridized carbons (Fsp3) is 0.235. The number of hydrogen-bond acceptors (Lipinski definition) is 8. The standard InChI is InChI=1S/C17H17NO4S.C17H21NO2S/c18-14(15(19)20)11-23-17(16(21)22,12-7-3-1-4-8-12)13-9-5-2-6-10-13;18-16(11-19)12-21-17(13-20,14-7-3-1-4-8-14)15-9-5-2-6-10-15/h1-10,14H,11,18H2,(H,19,20)(H,21,22);1-10,16,19-20H,11-13,18H2/t14-;16-/m01/s1. The SMILES string of the molecule is N[C@@H](CSC(C(=O)O)(c1ccccc1)c1ccccc1)C(=O)O.N[C@H](CO)CSC(CO)(c1ccccc1)c1ccccc1. The summed E-state index contributed by atoms with van der Waals surface area (Å²) in [4.78, 5) is 23.2. The van der Waals surface area contributed by atoms with E-state index in [0.717, 1.165) is 22.9 Å². The Morgan fingerprint density at radius 3 is 1.32 bits per heavy atom. The number of aliphatic carboxylic acids is 2. The first-order chi connectivity index (χ1) is 21.2.